The van der Waals surface area contributed by atoms with Gasteiger partial charge in [0.05, 0.1) is 55.1 Å². The van der Waals surface area contributed by atoms with Crippen molar-refractivity contribution in [2.75, 3.05) is 69.3 Å². The molecule has 2 N–H and O–H groups in total. The highest BCUT2D eigenvalue weighted by molar-refractivity contribution is 6.06. The molecular formula is C44H55N9O6. The molecule has 4 fully saturated rings. The van der Waals surface area contributed by atoms with Gasteiger partial charge in [-0.25, -0.2) is 9.97 Å². The summed E-state index contributed by atoms with van der Waals surface area (Å²) in [5.74, 6) is 2.23. The Balaban J connectivity index is 0.718. The molecule has 9 rings (SSSR count). The van der Waals surface area contributed by atoms with E-state index in [-0.39, 0.29) is 24.3 Å². The second kappa shape index (κ2) is 17.1. The molecule has 2 aromatic heterocycles. The normalized spacial score (nSPS) is 22.8. The molecule has 4 aliphatic heterocycles. The quantitative estimate of drug-likeness (QED) is 0.131. The van der Waals surface area contributed by atoms with Crippen LogP contribution in [0.25, 0.3) is 22.3 Å². The van der Waals surface area contributed by atoms with Gasteiger partial charge in [-0.3, -0.25) is 29.7 Å². The molecule has 3 amide bonds. The van der Waals surface area contributed by atoms with Crippen molar-refractivity contribution in [3.8, 4) is 22.9 Å². The number of carbonyl (C=O) groups is 3. The number of carbonyl (C=O) groups excluding carboxylic acids is 3. The lowest BCUT2D eigenvalue weighted by Crippen LogP contribution is -2.52. The summed E-state index contributed by atoms with van der Waals surface area (Å²) in [5, 5.41) is 11.1. The molecule has 15 heteroatoms. The van der Waals surface area contributed by atoms with Crippen LogP contribution in [0.15, 0.2) is 42.7 Å². The summed E-state index contributed by atoms with van der Waals surface area (Å²) in [6.07, 6.45) is 10.3. The number of ether oxygens (including phenoxy) is 3. The Morgan fingerprint density at radius 1 is 0.881 bits per heavy atom. The van der Waals surface area contributed by atoms with E-state index in [9.17, 15) is 14.4 Å². The van der Waals surface area contributed by atoms with E-state index in [0.29, 0.717) is 42.9 Å². The topological polar surface area (TPSA) is 158 Å². The highest BCUT2D eigenvalue weighted by atomic mass is 16.5. The zero-order valence-corrected chi connectivity index (χ0v) is 34.2. The number of hydrogen-bond donors (Lipinski definition) is 2. The Morgan fingerprint density at radius 2 is 1.71 bits per heavy atom. The third-order valence-corrected chi connectivity index (χ3v) is 12.9. The lowest BCUT2D eigenvalue weighted by atomic mass is 9.81. The smallest absolute Gasteiger partial charge is 0.255 e. The molecule has 6 heterocycles. The van der Waals surface area contributed by atoms with Crippen molar-refractivity contribution in [3.05, 3.63) is 53.9 Å². The van der Waals surface area contributed by atoms with Crippen LogP contribution in [0.1, 0.15) is 80.6 Å². The second-order valence-electron chi connectivity index (χ2n) is 16.7. The number of unbranched alkanes of at least 4 members (excludes halogenated alkanes) is 2. The van der Waals surface area contributed by atoms with Crippen LogP contribution in [0, 0.1) is 5.92 Å². The van der Waals surface area contributed by atoms with Crippen molar-refractivity contribution in [3.63, 3.8) is 0 Å². The van der Waals surface area contributed by atoms with Gasteiger partial charge in [0.15, 0.2) is 0 Å². The Hall–Kier alpha value is -5.28. The maximum absolute atomic E-state index is 13.3. The minimum Gasteiger partial charge on any atom is -0.494 e. The number of methoxy groups -OCH3 is 1. The molecule has 312 valence electrons. The molecular weight excluding hydrogens is 751 g/mol. The number of benzene rings is 2. The van der Waals surface area contributed by atoms with Gasteiger partial charge in [0.2, 0.25) is 11.8 Å². The predicted molar refractivity (Wildman–Crippen MR) is 223 cm³/mol. The van der Waals surface area contributed by atoms with Gasteiger partial charge in [-0.1, -0.05) is 19.8 Å². The number of piperazine rings is 1. The number of fused-ring (bicyclic) bond motifs is 2. The summed E-state index contributed by atoms with van der Waals surface area (Å²) in [6, 6.07) is 11.3. The molecule has 0 bridgehead atoms. The summed E-state index contributed by atoms with van der Waals surface area (Å²) >= 11 is 0. The van der Waals surface area contributed by atoms with Crippen molar-refractivity contribution in [1.82, 2.24) is 35.3 Å². The molecule has 1 saturated carbocycles. The molecule has 1 unspecified atom stereocenters. The Morgan fingerprint density at radius 3 is 2.49 bits per heavy atom. The van der Waals surface area contributed by atoms with E-state index in [2.05, 4.69) is 59.2 Å². The maximum Gasteiger partial charge on any atom is 0.255 e. The lowest BCUT2D eigenvalue weighted by molar-refractivity contribution is -0.136. The van der Waals surface area contributed by atoms with E-state index in [0.717, 1.165) is 129 Å². The molecule has 4 aromatic rings. The maximum atomic E-state index is 13.3. The van der Waals surface area contributed by atoms with Crippen LogP contribution in [0.3, 0.4) is 0 Å². The molecule has 0 spiro atoms. The van der Waals surface area contributed by atoms with Crippen LogP contribution in [0.5, 0.6) is 11.5 Å². The number of aromatic amines is 1. The first kappa shape index (κ1) is 39.2. The van der Waals surface area contributed by atoms with Gasteiger partial charge >= 0.3 is 0 Å². The van der Waals surface area contributed by atoms with Crippen LogP contribution in [0.2, 0.25) is 0 Å². The monoisotopic (exact) mass is 805 g/mol. The lowest BCUT2D eigenvalue weighted by Gasteiger charge is -2.43. The standard InChI is InChI=1S/C44H55N9O6/c1-3-4-5-20-58-30-6-8-35-33(23-30)41(49-48-35)36-24-39(46-27-45-36)52-14-12-29(13-15-52)59-31-21-28(22-31)25-50-16-18-51(19-17-50)37-9-7-32-34(42(37)57-2)26-53(44(32)56)38-10-11-40(54)47-43(38)55/h6-9,23-24,27-29,31,38H,3-5,10-22,25-26H2,1-2H3,(H,48,49)(H,47,54,55)/t28-,31-,38?. The van der Waals surface area contributed by atoms with Gasteiger partial charge in [0.1, 0.15) is 29.7 Å². The average molecular weight is 806 g/mol. The number of nitrogens with zero attached hydrogens (tertiary/aromatic N) is 7. The van der Waals surface area contributed by atoms with Crippen LogP contribution >= 0.6 is 0 Å². The Bertz CT molecular complexity index is 2170. The van der Waals surface area contributed by atoms with E-state index >= 15 is 0 Å². The summed E-state index contributed by atoms with van der Waals surface area (Å²) in [7, 11) is 1.64. The molecule has 59 heavy (non-hydrogen) atoms. The number of amides is 3. The van der Waals surface area contributed by atoms with Crippen molar-refractivity contribution in [1.29, 1.82) is 0 Å². The first-order chi connectivity index (χ1) is 28.8. The largest absolute Gasteiger partial charge is 0.494 e. The molecule has 1 aliphatic carbocycles. The molecule has 1 atom stereocenters. The van der Waals surface area contributed by atoms with E-state index in [4.69, 9.17) is 14.2 Å². The summed E-state index contributed by atoms with van der Waals surface area (Å²) in [5.41, 5.74) is 4.95. The zero-order valence-electron chi connectivity index (χ0n) is 34.2. The number of piperidine rings is 2. The highest BCUT2D eigenvalue weighted by Crippen LogP contribution is 2.41. The van der Waals surface area contributed by atoms with E-state index in [1.807, 2.05) is 24.3 Å². The van der Waals surface area contributed by atoms with Gasteiger partial charge in [0.25, 0.3) is 5.91 Å². The fraction of sp³-hybridized carbons (Fsp3) is 0.545. The number of anilines is 2. The van der Waals surface area contributed by atoms with Gasteiger partial charge in [-0.2, -0.15) is 5.10 Å². The summed E-state index contributed by atoms with van der Waals surface area (Å²) < 4.78 is 18.6. The summed E-state index contributed by atoms with van der Waals surface area (Å²) in [6.45, 7) is 9.72. The number of nitrogens with one attached hydrogen (secondary N) is 2. The SMILES string of the molecule is CCCCCOc1ccc2n[nH]c(-c3cc(N4CCC(O[C@H]5C[C@H](CN6CCN(c7ccc8c(c7OC)CN(C7CCC(=O)NC7=O)C8=O)CC6)C5)CC4)ncn3)c2c1. The molecule has 2 aromatic carbocycles. The number of hydrogen-bond acceptors (Lipinski definition) is 12. The fourth-order valence-electron chi connectivity index (χ4n) is 9.52. The number of rotatable bonds is 14. The van der Waals surface area contributed by atoms with Gasteiger partial charge in [-0.05, 0) is 74.8 Å². The Labute approximate surface area is 344 Å². The third-order valence-electron chi connectivity index (χ3n) is 12.9. The first-order valence-electron chi connectivity index (χ1n) is 21.5. The highest BCUT2D eigenvalue weighted by Gasteiger charge is 2.41. The second-order valence-corrected chi connectivity index (χ2v) is 16.7. The molecule has 15 nitrogen and oxygen atoms in total. The zero-order chi connectivity index (χ0) is 40.5. The van der Waals surface area contributed by atoms with Gasteiger partial charge in [0, 0.05) is 74.8 Å². The minimum absolute atomic E-state index is 0.188. The molecule has 5 aliphatic rings. The molecule has 0 radical (unpaired) electrons. The number of H-pyrrole nitrogens is 1. The summed E-state index contributed by atoms with van der Waals surface area (Å²) in [4.78, 5) is 55.7. The minimum atomic E-state index is -0.649. The predicted octanol–water partition coefficient (Wildman–Crippen LogP) is 4.94. The molecule has 3 saturated heterocycles. The Kier molecular flexibility index (Phi) is 11.4. The van der Waals surface area contributed by atoms with Crippen LogP contribution < -0.4 is 24.6 Å². The van der Waals surface area contributed by atoms with Crippen LogP contribution in [-0.2, 0) is 20.9 Å². The van der Waals surface area contributed by atoms with Crippen molar-refractivity contribution in [2.24, 2.45) is 5.92 Å². The average Bonchev–Trinajstić information content (AvgIpc) is 3.82. The van der Waals surface area contributed by atoms with Crippen molar-refractivity contribution in [2.45, 2.75) is 89.5 Å². The van der Waals surface area contributed by atoms with Gasteiger partial charge in [-0.15, -0.1) is 0 Å². The first-order valence-corrected chi connectivity index (χ1v) is 21.5. The van der Waals surface area contributed by atoms with Crippen LogP contribution in [0.4, 0.5) is 11.5 Å². The van der Waals surface area contributed by atoms with E-state index in [1.165, 1.54) is 6.42 Å². The van der Waals surface area contributed by atoms with Crippen molar-refractivity contribution < 1.29 is 28.6 Å². The fourth-order valence-corrected chi connectivity index (χ4v) is 9.52. The number of aromatic nitrogens is 4. The third kappa shape index (κ3) is 8.19. The van der Waals surface area contributed by atoms with E-state index < -0.39 is 11.9 Å². The number of imide groups is 1. The van der Waals surface area contributed by atoms with E-state index in [1.54, 1.807) is 18.3 Å². The van der Waals surface area contributed by atoms with Gasteiger partial charge < -0.3 is 28.9 Å². The van der Waals surface area contributed by atoms with Crippen molar-refractivity contribution >= 4 is 40.1 Å². The van der Waals surface area contributed by atoms with Crippen LogP contribution in [-0.4, -0.2) is 125 Å².